The third-order valence-corrected chi connectivity index (χ3v) is 4.96. The Hall–Kier alpha value is -2.84. The standard InChI is InChI=1S/C23H32BN3O4/c1-16(2)14-21(24(30)31)27-22(28)20(15-18-10-6-4-7-11-18)26-23(29)25-17(3)19-12-8-5-9-13-19/h4-13,16-17,20-21,30-31H,14-15H2,1-3H3,(H,27,28)(H2,25,26,29)/t17-,20-,21-/m0/s1. The van der Waals surface area contributed by atoms with E-state index in [1.54, 1.807) is 0 Å². The quantitative estimate of drug-likeness (QED) is 0.376. The van der Waals surface area contributed by atoms with Crippen molar-refractivity contribution in [2.75, 3.05) is 0 Å². The van der Waals surface area contributed by atoms with Gasteiger partial charge in [-0.1, -0.05) is 74.5 Å². The first-order chi connectivity index (χ1) is 14.8. The third-order valence-electron chi connectivity index (χ3n) is 4.96. The smallest absolute Gasteiger partial charge is 0.426 e. The predicted molar refractivity (Wildman–Crippen MR) is 122 cm³/mol. The number of benzene rings is 2. The van der Waals surface area contributed by atoms with Gasteiger partial charge in [0.15, 0.2) is 0 Å². The van der Waals surface area contributed by atoms with Crippen LogP contribution in [0.5, 0.6) is 0 Å². The van der Waals surface area contributed by atoms with E-state index in [1.807, 2.05) is 81.4 Å². The first-order valence-corrected chi connectivity index (χ1v) is 10.6. The summed E-state index contributed by atoms with van der Waals surface area (Å²) in [4.78, 5) is 25.6. The van der Waals surface area contributed by atoms with E-state index in [9.17, 15) is 19.6 Å². The molecule has 2 aromatic carbocycles. The Labute approximate surface area is 184 Å². The molecule has 0 unspecified atom stereocenters. The van der Waals surface area contributed by atoms with Gasteiger partial charge in [-0.2, -0.15) is 0 Å². The molecule has 5 N–H and O–H groups in total. The van der Waals surface area contributed by atoms with Gasteiger partial charge in [0.25, 0.3) is 0 Å². The topological polar surface area (TPSA) is 111 Å². The van der Waals surface area contributed by atoms with Gasteiger partial charge in [-0.3, -0.25) is 4.79 Å². The Morgan fingerprint density at radius 1 is 0.871 bits per heavy atom. The van der Waals surface area contributed by atoms with Gasteiger partial charge >= 0.3 is 13.1 Å². The summed E-state index contributed by atoms with van der Waals surface area (Å²) < 4.78 is 0. The first-order valence-electron chi connectivity index (χ1n) is 10.6. The summed E-state index contributed by atoms with van der Waals surface area (Å²) in [7, 11) is -1.68. The number of amides is 3. The molecule has 31 heavy (non-hydrogen) atoms. The molecule has 0 bridgehead atoms. The number of nitrogens with one attached hydrogen (secondary N) is 3. The van der Waals surface area contributed by atoms with Crippen LogP contribution < -0.4 is 16.0 Å². The fourth-order valence-electron chi connectivity index (χ4n) is 3.33. The SMILES string of the molecule is CC(C)C[C@H](NC(=O)[C@H](Cc1ccccc1)NC(=O)N[C@@H](C)c1ccccc1)B(O)O. The second-order valence-electron chi connectivity index (χ2n) is 8.15. The molecular formula is C23H32BN3O4. The van der Waals surface area contributed by atoms with Gasteiger partial charge < -0.3 is 26.0 Å². The second-order valence-corrected chi connectivity index (χ2v) is 8.15. The van der Waals surface area contributed by atoms with Crippen molar-refractivity contribution < 1.29 is 19.6 Å². The van der Waals surface area contributed by atoms with Crippen LogP contribution in [0.15, 0.2) is 60.7 Å². The van der Waals surface area contributed by atoms with Gasteiger partial charge in [-0.05, 0) is 30.4 Å². The zero-order valence-corrected chi connectivity index (χ0v) is 18.3. The van der Waals surface area contributed by atoms with Gasteiger partial charge in [0.05, 0.1) is 12.0 Å². The molecule has 0 saturated heterocycles. The van der Waals surface area contributed by atoms with Crippen LogP contribution in [0.25, 0.3) is 0 Å². The minimum absolute atomic E-state index is 0.155. The first kappa shape index (κ1) is 24.4. The molecule has 0 aliphatic heterocycles. The van der Waals surface area contributed by atoms with E-state index >= 15 is 0 Å². The average Bonchev–Trinajstić information content (AvgIpc) is 2.73. The maximum absolute atomic E-state index is 13.0. The molecule has 0 saturated carbocycles. The van der Waals surface area contributed by atoms with E-state index in [4.69, 9.17) is 0 Å². The highest BCUT2D eigenvalue weighted by Crippen LogP contribution is 2.12. The largest absolute Gasteiger partial charge is 0.475 e. The number of carbonyl (C=O) groups is 2. The summed E-state index contributed by atoms with van der Waals surface area (Å²) in [6.07, 6.45) is 0.675. The number of carbonyl (C=O) groups excluding carboxylic acids is 2. The Morgan fingerprint density at radius 2 is 1.45 bits per heavy atom. The van der Waals surface area contributed by atoms with E-state index < -0.39 is 31.0 Å². The van der Waals surface area contributed by atoms with Crippen LogP contribution in [0.4, 0.5) is 4.79 Å². The summed E-state index contributed by atoms with van der Waals surface area (Å²) >= 11 is 0. The van der Waals surface area contributed by atoms with E-state index in [2.05, 4.69) is 16.0 Å². The highest BCUT2D eigenvalue weighted by atomic mass is 16.4. The molecule has 0 fully saturated rings. The van der Waals surface area contributed by atoms with Crippen molar-refractivity contribution in [2.45, 2.75) is 51.6 Å². The van der Waals surface area contributed by atoms with Crippen molar-refractivity contribution in [3.8, 4) is 0 Å². The Bertz CT molecular complexity index is 818. The van der Waals surface area contributed by atoms with E-state index in [0.29, 0.717) is 6.42 Å². The van der Waals surface area contributed by atoms with Crippen molar-refractivity contribution in [2.24, 2.45) is 5.92 Å². The molecule has 2 aromatic rings. The van der Waals surface area contributed by atoms with Crippen LogP contribution in [-0.4, -0.2) is 41.1 Å². The van der Waals surface area contributed by atoms with Crippen LogP contribution in [0.1, 0.15) is 44.4 Å². The molecule has 0 aliphatic rings. The van der Waals surface area contributed by atoms with Crippen molar-refractivity contribution in [3.63, 3.8) is 0 Å². The lowest BCUT2D eigenvalue weighted by Gasteiger charge is -2.25. The van der Waals surface area contributed by atoms with Crippen LogP contribution in [-0.2, 0) is 11.2 Å². The lowest BCUT2D eigenvalue weighted by Crippen LogP contribution is -2.56. The number of rotatable bonds is 10. The summed E-state index contributed by atoms with van der Waals surface area (Å²) in [5.74, 6) is -1.13. The Kier molecular flexibility index (Phi) is 9.56. The van der Waals surface area contributed by atoms with Gasteiger partial charge in [0, 0.05) is 6.42 Å². The van der Waals surface area contributed by atoms with Crippen LogP contribution >= 0.6 is 0 Å². The molecule has 0 radical (unpaired) electrons. The van der Waals surface area contributed by atoms with Crippen molar-refractivity contribution >= 4 is 19.1 Å². The highest BCUT2D eigenvalue weighted by molar-refractivity contribution is 6.43. The molecule has 0 spiro atoms. The molecule has 0 heterocycles. The lowest BCUT2D eigenvalue weighted by atomic mass is 9.75. The minimum atomic E-state index is -1.68. The van der Waals surface area contributed by atoms with Gasteiger partial charge in [0.1, 0.15) is 6.04 Å². The normalized spacial score (nSPS) is 13.7. The molecule has 2 rings (SSSR count). The van der Waals surface area contributed by atoms with E-state index in [-0.39, 0.29) is 18.4 Å². The summed E-state index contributed by atoms with van der Waals surface area (Å²) in [6, 6.07) is 17.3. The van der Waals surface area contributed by atoms with Crippen LogP contribution in [0, 0.1) is 5.92 Å². The van der Waals surface area contributed by atoms with Crippen molar-refractivity contribution in [1.82, 2.24) is 16.0 Å². The molecule has 3 atom stereocenters. The molecule has 0 aromatic heterocycles. The predicted octanol–water partition coefficient (Wildman–Crippen LogP) is 2.20. The fraction of sp³-hybridized carbons (Fsp3) is 0.391. The number of urea groups is 1. The Balaban J connectivity index is 2.10. The lowest BCUT2D eigenvalue weighted by molar-refractivity contribution is -0.123. The zero-order chi connectivity index (χ0) is 22.8. The van der Waals surface area contributed by atoms with Crippen LogP contribution in [0.3, 0.4) is 0 Å². The molecule has 8 heteroatoms. The summed E-state index contributed by atoms with van der Waals surface area (Å²) in [5.41, 5.74) is 1.83. The fourth-order valence-corrected chi connectivity index (χ4v) is 3.33. The molecule has 3 amide bonds. The zero-order valence-electron chi connectivity index (χ0n) is 18.3. The molecule has 7 nitrogen and oxygen atoms in total. The summed E-state index contributed by atoms with van der Waals surface area (Å²) in [5, 5.41) is 27.6. The highest BCUT2D eigenvalue weighted by Gasteiger charge is 2.30. The number of hydrogen-bond acceptors (Lipinski definition) is 4. The second kappa shape index (κ2) is 12.1. The minimum Gasteiger partial charge on any atom is -0.426 e. The summed E-state index contributed by atoms with van der Waals surface area (Å²) in [6.45, 7) is 5.72. The van der Waals surface area contributed by atoms with Gasteiger partial charge in [0.2, 0.25) is 5.91 Å². The maximum atomic E-state index is 13.0. The maximum Gasteiger partial charge on any atom is 0.475 e. The molecule has 166 valence electrons. The monoisotopic (exact) mass is 425 g/mol. The van der Waals surface area contributed by atoms with Gasteiger partial charge in [-0.15, -0.1) is 0 Å². The third kappa shape index (κ3) is 8.43. The van der Waals surface area contributed by atoms with Crippen LogP contribution in [0.2, 0.25) is 0 Å². The van der Waals surface area contributed by atoms with E-state index in [0.717, 1.165) is 11.1 Å². The average molecular weight is 425 g/mol. The van der Waals surface area contributed by atoms with Crippen molar-refractivity contribution in [3.05, 3.63) is 71.8 Å². The van der Waals surface area contributed by atoms with Gasteiger partial charge in [-0.25, -0.2) is 4.79 Å². The number of hydrogen-bond donors (Lipinski definition) is 5. The van der Waals surface area contributed by atoms with E-state index in [1.165, 1.54) is 0 Å². The molecule has 0 aliphatic carbocycles. The van der Waals surface area contributed by atoms with Crippen molar-refractivity contribution in [1.29, 1.82) is 0 Å². The Morgan fingerprint density at radius 3 is 2.00 bits per heavy atom. The molecular weight excluding hydrogens is 393 g/mol.